The molecule has 2 N–H and O–H groups in total. The summed E-state index contributed by atoms with van der Waals surface area (Å²) >= 11 is 1.81. The molecule has 1 aromatic heterocycles. The molecular weight excluding hydrogens is 301 g/mol. The zero-order valence-electron chi connectivity index (χ0n) is 11.5. The van der Waals surface area contributed by atoms with Gasteiger partial charge in [0.25, 0.3) is 0 Å². The second-order valence-electron chi connectivity index (χ2n) is 4.96. The molecule has 0 saturated carbocycles. The first-order chi connectivity index (χ1) is 8.31. The quantitative estimate of drug-likeness (QED) is 0.904. The average Bonchev–Trinajstić information content (AvgIpc) is 2.77. The van der Waals surface area contributed by atoms with E-state index in [9.17, 15) is 0 Å². The SMILES string of the molecule is CCCc1nc(CN2CCCC(CN)C2)cs1.Cl.Cl. The summed E-state index contributed by atoms with van der Waals surface area (Å²) in [6.45, 7) is 6.40. The van der Waals surface area contributed by atoms with E-state index in [2.05, 4.69) is 17.2 Å². The summed E-state index contributed by atoms with van der Waals surface area (Å²) in [4.78, 5) is 7.20. The van der Waals surface area contributed by atoms with Gasteiger partial charge >= 0.3 is 0 Å². The van der Waals surface area contributed by atoms with Crippen molar-refractivity contribution < 1.29 is 0 Å². The first kappa shape index (κ1) is 19.1. The monoisotopic (exact) mass is 325 g/mol. The molecule has 0 amide bonds. The Labute approximate surface area is 132 Å². The van der Waals surface area contributed by atoms with Crippen molar-refractivity contribution in [1.29, 1.82) is 0 Å². The number of rotatable bonds is 5. The predicted molar refractivity (Wildman–Crippen MR) is 87.7 cm³/mol. The average molecular weight is 326 g/mol. The minimum atomic E-state index is 0. The molecule has 6 heteroatoms. The van der Waals surface area contributed by atoms with Crippen molar-refractivity contribution in [2.75, 3.05) is 19.6 Å². The Morgan fingerprint density at radius 3 is 2.95 bits per heavy atom. The smallest absolute Gasteiger partial charge is 0.0928 e. The third-order valence-corrected chi connectivity index (χ3v) is 4.34. The van der Waals surface area contributed by atoms with Crippen LogP contribution in [0.2, 0.25) is 0 Å². The summed E-state index contributed by atoms with van der Waals surface area (Å²) in [5.74, 6) is 0.692. The largest absolute Gasteiger partial charge is 0.330 e. The summed E-state index contributed by atoms with van der Waals surface area (Å²) in [5.41, 5.74) is 7.01. The molecule has 1 aliphatic heterocycles. The van der Waals surface area contributed by atoms with Crippen molar-refractivity contribution in [3.05, 3.63) is 16.1 Å². The van der Waals surface area contributed by atoms with Crippen LogP contribution in [-0.2, 0) is 13.0 Å². The first-order valence-electron chi connectivity index (χ1n) is 6.67. The van der Waals surface area contributed by atoms with Gasteiger partial charge in [0.1, 0.15) is 0 Å². The van der Waals surface area contributed by atoms with E-state index in [0.29, 0.717) is 5.92 Å². The number of hydrogen-bond donors (Lipinski definition) is 1. The number of nitrogens with zero attached hydrogens (tertiary/aromatic N) is 2. The van der Waals surface area contributed by atoms with Crippen LogP contribution in [0.5, 0.6) is 0 Å². The molecule has 19 heavy (non-hydrogen) atoms. The third kappa shape index (κ3) is 5.96. The lowest BCUT2D eigenvalue weighted by atomic mass is 9.98. The Balaban J connectivity index is 0.00000162. The first-order valence-corrected chi connectivity index (χ1v) is 7.55. The number of likely N-dealkylation sites (tertiary alicyclic amines) is 1. The van der Waals surface area contributed by atoms with Crippen LogP contribution >= 0.6 is 36.2 Å². The van der Waals surface area contributed by atoms with E-state index in [4.69, 9.17) is 10.7 Å². The molecule has 2 heterocycles. The van der Waals surface area contributed by atoms with Crippen LogP contribution in [0.3, 0.4) is 0 Å². The maximum absolute atomic E-state index is 5.76. The van der Waals surface area contributed by atoms with Gasteiger partial charge in [0, 0.05) is 18.5 Å². The Morgan fingerprint density at radius 1 is 1.47 bits per heavy atom. The maximum atomic E-state index is 5.76. The molecule has 3 nitrogen and oxygen atoms in total. The number of nitrogens with two attached hydrogens (primary N) is 1. The number of hydrogen-bond acceptors (Lipinski definition) is 4. The second kappa shape index (κ2) is 9.94. The summed E-state index contributed by atoms with van der Waals surface area (Å²) in [7, 11) is 0. The maximum Gasteiger partial charge on any atom is 0.0928 e. The van der Waals surface area contributed by atoms with Gasteiger partial charge in [-0.1, -0.05) is 6.92 Å². The fourth-order valence-corrected chi connectivity index (χ4v) is 3.36. The van der Waals surface area contributed by atoms with Gasteiger partial charge < -0.3 is 5.73 Å². The number of piperidine rings is 1. The van der Waals surface area contributed by atoms with Gasteiger partial charge in [-0.25, -0.2) is 4.98 Å². The minimum Gasteiger partial charge on any atom is -0.330 e. The highest BCUT2D eigenvalue weighted by atomic mass is 35.5. The highest BCUT2D eigenvalue weighted by molar-refractivity contribution is 7.09. The molecule has 1 aliphatic rings. The zero-order chi connectivity index (χ0) is 12.1. The van der Waals surface area contributed by atoms with Gasteiger partial charge in [0.05, 0.1) is 10.7 Å². The van der Waals surface area contributed by atoms with Crippen molar-refractivity contribution in [2.45, 2.75) is 39.2 Å². The third-order valence-electron chi connectivity index (χ3n) is 3.39. The van der Waals surface area contributed by atoms with Crippen LogP contribution in [0.25, 0.3) is 0 Å². The molecule has 1 fully saturated rings. The summed E-state index contributed by atoms with van der Waals surface area (Å²) < 4.78 is 0. The Hall–Kier alpha value is 0.130. The Bertz CT molecular complexity index is 346. The van der Waals surface area contributed by atoms with Crippen LogP contribution in [0.15, 0.2) is 5.38 Å². The topological polar surface area (TPSA) is 42.2 Å². The molecule has 0 aliphatic carbocycles. The normalized spacial score (nSPS) is 19.6. The lowest BCUT2D eigenvalue weighted by Crippen LogP contribution is -2.37. The van der Waals surface area contributed by atoms with Gasteiger partial charge in [0.2, 0.25) is 0 Å². The molecule has 0 bridgehead atoms. The van der Waals surface area contributed by atoms with Crippen molar-refractivity contribution in [1.82, 2.24) is 9.88 Å². The standard InChI is InChI=1S/C13H23N3S.2ClH/c1-2-4-13-15-12(10-17-13)9-16-6-3-5-11(7-14)8-16;;/h10-11H,2-9,14H2,1H3;2*1H. The molecule has 0 radical (unpaired) electrons. The predicted octanol–water partition coefficient (Wildman–Crippen LogP) is 3.11. The second-order valence-corrected chi connectivity index (χ2v) is 5.90. The number of halogens is 2. The number of aryl methyl sites for hydroxylation is 1. The minimum absolute atomic E-state index is 0. The van der Waals surface area contributed by atoms with E-state index in [1.807, 2.05) is 0 Å². The molecule has 2 rings (SSSR count). The molecule has 0 aromatic carbocycles. The van der Waals surface area contributed by atoms with Crippen LogP contribution in [0.1, 0.15) is 36.9 Å². The zero-order valence-corrected chi connectivity index (χ0v) is 14.0. The summed E-state index contributed by atoms with van der Waals surface area (Å²) in [5, 5.41) is 3.51. The fourth-order valence-electron chi connectivity index (χ4n) is 2.47. The van der Waals surface area contributed by atoms with Crippen molar-refractivity contribution in [2.24, 2.45) is 11.7 Å². The lowest BCUT2D eigenvalue weighted by molar-refractivity contribution is 0.169. The number of aromatic nitrogens is 1. The molecular formula is C13H25Cl2N3S. The van der Waals surface area contributed by atoms with Crippen LogP contribution < -0.4 is 5.73 Å². The van der Waals surface area contributed by atoms with Gasteiger partial charge in [0.15, 0.2) is 0 Å². The van der Waals surface area contributed by atoms with Gasteiger partial charge in [-0.2, -0.15) is 0 Å². The fraction of sp³-hybridized carbons (Fsp3) is 0.769. The van der Waals surface area contributed by atoms with Crippen LogP contribution in [0.4, 0.5) is 0 Å². The van der Waals surface area contributed by atoms with E-state index in [0.717, 1.165) is 26.1 Å². The van der Waals surface area contributed by atoms with Crippen molar-refractivity contribution in [3.63, 3.8) is 0 Å². The summed E-state index contributed by atoms with van der Waals surface area (Å²) in [6.07, 6.45) is 4.89. The molecule has 1 saturated heterocycles. The molecule has 1 atom stereocenters. The van der Waals surface area contributed by atoms with E-state index in [1.54, 1.807) is 11.3 Å². The Morgan fingerprint density at radius 2 is 2.26 bits per heavy atom. The van der Waals surface area contributed by atoms with Gasteiger partial charge in [-0.3, -0.25) is 4.90 Å². The van der Waals surface area contributed by atoms with Crippen LogP contribution in [0, 0.1) is 5.92 Å². The molecule has 0 spiro atoms. The van der Waals surface area contributed by atoms with E-state index >= 15 is 0 Å². The van der Waals surface area contributed by atoms with E-state index in [-0.39, 0.29) is 24.8 Å². The highest BCUT2D eigenvalue weighted by Crippen LogP contribution is 2.19. The van der Waals surface area contributed by atoms with E-state index < -0.39 is 0 Å². The van der Waals surface area contributed by atoms with Gasteiger partial charge in [-0.15, -0.1) is 36.2 Å². The summed E-state index contributed by atoms with van der Waals surface area (Å²) in [6, 6.07) is 0. The Kier molecular flexibility index (Phi) is 10.0. The van der Waals surface area contributed by atoms with Crippen molar-refractivity contribution >= 4 is 36.2 Å². The molecule has 1 aromatic rings. The van der Waals surface area contributed by atoms with E-state index in [1.165, 1.54) is 36.5 Å². The number of thiazole rings is 1. The molecule has 1 unspecified atom stereocenters. The molecule has 112 valence electrons. The highest BCUT2D eigenvalue weighted by Gasteiger charge is 2.19. The lowest BCUT2D eigenvalue weighted by Gasteiger charge is -2.31. The van der Waals surface area contributed by atoms with Crippen LogP contribution in [-0.4, -0.2) is 29.5 Å². The van der Waals surface area contributed by atoms with Crippen molar-refractivity contribution in [3.8, 4) is 0 Å². The van der Waals surface area contributed by atoms with Gasteiger partial charge in [-0.05, 0) is 44.7 Å².